The van der Waals surface area contributed by atoms with Crippen LogP contribution in [0.3, 0.4) is 0 Å². The SMILES string of the molecule is O.O.[B]c1ccc(C(=O)OC)cc1F. The lowest BCUT2D eigenvalue weighted by molar-refractivity contribution is 0.0600. The van der Waals surface area contributed by atoms with Gasteiger partial charge in [0, 0.05) is 0 Å². The predicted octanol–water partition coefficient (Wildman–Crippen LogP) is -1.24. The quantitative estimate of drug-likeness (QED) is 0.419. The first kappa shape index (κ1) is 15.1. The first-order valence-corrected chi connectivity index (χ1v) is 3.28. The van der Waals surface area contributed by atoms with Gasteiger partial charge in [-0.3, -0.25) is 0 Å². The van der Waals surface area contributed by atoms with Gasteiger partial charge in [-0.05, 0) is 12.1 Å². The summed E-state index contributed by atoms with van der Waals surface area (Å²) in [5.74, 6) is -1.19. The molecule has 0 saturated carbocycles. The second kappa shape index (κ2) is 6.12. The highest BCUT2D eigenvalue weighted by Gasteiger charge is 2.06. The van der Waals surface area contributed by atoms with Crippen molar-refractivity contribution >= 4 is 19.3 Å². The third-order valence-electron chi connectivity index (χ3n) is 1.42. The molecule has 4 N–H and O–H groups in total. The second-order valence-electron chi connectivity index (χ2n) is 2.23. The molecule has 0 aromatic heterocycles. The molecule has 0 heterocycles. The molecule has 6 heteroatoms. The number of ether oxygens (including phenoxy) is 1. The van der Waals surface area contributed by atoms with Crippen LogP contribution in [0.15, 0.2) is 18.2 Å². The Morgan fingerprint density at radius 3 is 2.43 bits per heavy atom. The number of halogens is 1. The normalized spacial score (nSPS) is 8.14. The van der Waals surface area contributed by atoms with E-state index in [1.165, 1.54) is 19.2 Å². The molecule has 1 aromatic carbocycles. The van der Waals surface area contributed by atoms with E-state index in [4.69, 9.17) is 7.85 Å². The average Bonchev–Trinajstić information content (AvgIpc) is 2.08. The van der Waals surface area contributed by atoms with Gasteiger partial charge in [0.05, 0.1) is 12.7 Å². The van der Waals surface area contributed by atoms with Gasteiger partial charge in [-0.15, -0.1) is 0 Å². The zero-order valence-electron chi connectivity index (χ0n) is 7.50. The molecule has 0 spiro atoms. The summed E-state index contributed by atoms with van der Waals surface area (Å²) in [4.78, 5) is 10.8. The number of methoxy groups -OCH3 is 1. The molecule has 0 aliphatic rings. The highest BCUT2D eigenvalue weighted by Crippen LogP contribution is 2.02. The van der Waals surface area contributed by atoms with Gasteiger partial charge in [0.25, 0.3) is 0 Å². The highest BCUT2D eigenvalue weighted by molar-refractivity contribution is 6.32. The average molecular weight is 200 g/mol. The topological polar surface area (TPSA) is 89.3 Å². The second-order valence-corrected chi connectivity index (χ2v) is 2.23. The standard InChI is InChI=1S/C8H6BFO2.2H2O/c1-12-8(11)5-2-3-6(9)7(10)4-5;;/h2-4H,1H3;2*1H2. The zero-order chi connectivity index (χ0) is 9.14. The summed E-state index contributed by atoms with van der Waals surface area (Å²) >= 11 is 0. The van der Waals surface area contributed by atoms with Crippen LogP contribution in [0, 0.1) is 5.82 Å². The van der Waals surface area contributed by atoms with E-state index in [9.17, 15) is 9.18 Å². The number of hydrogen-bond acceptors (Lipinski definition) is 2. The Hall–Kier alpha value is -1.40. The van der Waals surface area contributed by atoms with Crippen molar-refractivity contribution in [2.45, 2.75) is 0 Å². The molecule has 1 aromatic rings. The van der Waals surface area contributed by atoms with Crippen molar-refractivity contribution in [3.63, 3.8) is 0 Å². The lowest BCUT2D eigenvalue weighted by atomic mass is 9.94. The van der Waals surface area contributed by atoms with Crippen LogP contribution in [0.2, 0.25) is 0 Å². The summed E-state index contributed by atoms with van der Waals surface area (Å²) in [6, 6.07) is 3.77. The number of hydrogen-bond donors (Lipinski definition) is 0. The van der Waals surface area contributed by atoms with Crippen LogP contribution in [-0.4, -0.2) is 31.9 Å². The Kier molecular flexibility index (Phi) is 6.60. The molecule has 2 radical (unpaired) electrons. The molecule has 0 unspecified atom stereocenters. The summed E-state index contributed by atoms with van der Waals surface area (Å²) in [6.45, 7) is 0. The van der Waals surface area contributed by atoms with E-state index >= 15 is 0 Å². The fourth-order valence-corrected chi connectivity index (χ4v) is 0.772. The van der Waals surface area contributed by atoms with Crippen LogP contribution in [0.5, 0.6) is 0 Å². The minimum absolute atomic E-state index is 0. The first-order valence-electron chi connectivity index (χ1n) is 3.28. The summed E-state index contributed by atoms with van der Waals surface area (Å²) in [7, 11) is 6.44. The third kappa shape index (κ3) is 3.16. The van der Waals surface area contributed by atoms with Crippen molar-refractivity contribution in [1.82, 2.24) is 0 Å². The van der Waals surface area contributed by atoms with Gasteiger partial charge in [-0.25, -0.2) is 9.18 Å². The maximum Gasteiger partial charge on any atom is 0.337 e. The molecule has 1 rings (SSSR count). The minimum atomic E-state index is -0.613. The van der Waals surface area contributed by atoms with Gasteiger partial charge < -0.3 is 15.7 Å². The Morgan fingerprint density at radius 1 is 1.43 bits per heavy atom. The molecule has 14 heavy (non-hydrogen) atoms. The van der Waals surface area contributed by atoms with Gasteiger partial charge in [0.2, 0.25) is 0 Å². The molecule has 4 nitrogen and oxygen atoms in total. The zero-order valence-corrected chi connectivity index (χ0v) is 7.50. The van der Waals surface area contributed by atoms with Crippen LogP contribution >= 0.6 is 0 Å². The van der Waals surface area contributed by atoms with Gasteiger partial charge in [-0.2, -0.15) is 0 Å². The van der Waals surface area contributed by atoms with Gasteiger partial charge in [-0.1, -0.05) is 11.5 Å². The lowest BCUT2D eigenvalue weighted by Crippen LogP contribution is -2.11. The summed E-state index contributed by atoms with van der Waals surface area (Å²) < 4.78 is 17.1. The fourth-order valence-electron chi connectivity index (χ4n) is 0.772. The molecular formula is C8H10BFO4. The van der Waals surface area contributed by atoms with E-state index in [0.29, 0.717) is 0 Å². The number of benzene rings is 1. The smallest absolute Gasteiger partial charge is 0.337 e. The van der Waals surface area contributed by atoms with Gasteiger partial charge in [0.1, 0.15) is 13.7 Å². The van der Waals surface area contributed by atoms with Gasteiger partial charge >= 0.3 is 5.97 Å². The highest BCUT2D eigenvalue weighted by atomic mass is 19.1. The molecule has 0 aliphatic carbocycles. The monoisotopic (exact) mass is 200 g/mol. The molecule has 0 aliphatic heterocycles. The Balaban J connectivity index is 0. The summed E-state index contributed by atoms with van der Waals surface area (Å²) in [5.41, 5.74) is 0.173. The van der Waals surface area contributed by atoms with Crippen molar-refractivity contribution < 1.29 is 24.9 Å². The number of rotatable bonds is 1. The van der Waals surface area contributed by atoms with Crippen LogP contribution in [0.25, 0.3) is 0 Å². The van der Waals surface area contributed by atoms with Crippen molar-refractivity contribution in [1.29, 1.82) is 0 Å². The summed E-state index contributed by atoms with van der Waals surface area (Å²) in [6.07, 6.45) is 0. The predicted molar refractivity (Wildman–Crippen MR) is 50.4 cm³/mol. The van der Waals surface area contributed by atoms with Crippen molar-refractivity contribution in [2.75, 3.05) is 7.11 Å². The van der Waals surface area contributed by atoms with E-state index < -0.39 is 11.8 Å². The molecule has 76 valence electrons. The maximum atomic E-state index is 12.7. The van der Waals surface area contributed by atoms with E-state index in [1.807, 2.05) is 0 Å². The fraction of sp³-hybridized carbons (Fsp3) is 0.125. The molecule has 0 atom stereocenters. The van der Waals surface area contributed by atoms with E-state index in [2.05, 4.69) is 4.74 Å². The van der Waals surface area contributed by atoms with Gasteiger partial charge in [0.15, 0.2) is 0 Å². The summed E-state index contributed by atoms with van der Waals surface area (Å²) in [5, 5.41) is 0. The van der Waals surface area contributed by atoms with Crippen LogP contribution in [0.4, 0.5) is 4.39 Å². The molecular weight excluding hydrogens is 190 g/mol. The van der Waals surface area contributed by atoms with Crippen LogP contribution < -0.4 is 5.46 Å². The Morgan fingerprint density at radius 2 is 2.00 bits per heavy atom. The van der Waals surface area contributed by atoms with Crippen LogP contribution in [0.1, 0.15) is 10.4 Å². The van der Waals surface area contributed by atoms with Crippen LogP contribution in [-0.2, 0) is 4.74 Å². The molecule has 0 amide bonds. The molecule has 0 fully saturated rings. The Bertz CT molecular complexity index is 316. The molecule has 0 bridgehead atoms. The van der Waals surface area contributed by atoms with Crippen molar-refractivity contribution in [3.05, 3.63) is 29.6 Å². The number of carbonyl (C=O) groups is 1. The number of carbonyl (C=O) groups excluding carboxylic acids is 1. The molecule has 0 saturated heterocycles. The van der Waals surface area contributed by atoms with E-state index in [-0.39, 0.29) is 22.0 Å². The third-order valence-corrected chi connectivity index (χ3v) is 1.42. The number of esters is 1. The maximum absolute atomic E-state index is 12.7. The largest absolute Gasteiger partial charge is 0.465 e. The first-order chi connectivity index (χ1) is 5.65. The van der Waals surface area contributed by atoms with Crippen molar-refractivity contribution in [2.24, 2.45) is 0 Å². The van der Waals surface area contributed by atoms with E-state index in [0.717, 1.165) is 6.07 Å². The van der Waals surface area contributed by atoms with Crippen molar-refractivity contribution in [3.8, 4) is 0 Å². The Labute approximate surface area is 81.7 Å². The minimum Gasteiger partial charge on any atom is -0.465 e. The lowest BCUT2D eigenvalue weighted by Gasteiger charge is -2.00. The van der Waals surface area contributed by atoms with E-state index in [1.54, 1.807) is 0 Å².